The molecule has 1 amide bonds. The number of amides is 1. The van der Waals surface area contributed by atoms with Crippen molar-refractivity contribution in [1.82, 2.24) is 0 Å². The van der Waals surface area contributed by atoms with E-state index in [1.54, 1.807) is 6.07 Å². The first-order valence-corrected chi connectivity index (χ1v) is 7.05. The van der Waals surface area contributed by atoms with E-state index in [1.165, 1.54) is 6.07 Å². The Balaban J connectivity index is 2.73. The molecular formula is C8H5BrClNO3S. The molecule has 1 aliphatic heterocycles. The van der Waals surface area contributed by atoms with Gasteiger partial charge in [0.05, 0.1) is 12.1 Å². The van der Waals surface area contributed by atoms with E-state index in [1.807, 2.05) is 0 Å². The van der Waals surface area contributed by atoms with E-state index in [0.717, 1.165) is 0 Å². The molecule has 1 aromatic carbocycles. The Labute approximate surface area is 99.2 Å². The van der Waals surface area contributed by atoms with E-state index in [-0.39, 0.29) is 17.2 Å². The normalized spacial score (nSPS) is 14.9. The first kappa shape index (κ1) is 10.9. The minimum Gasteiger partial charge on any atom is -0.324 e. The van der Waals surface area contributed by atoms with Gasteiger partial charge >= 0.3 is 0 Å². The number of rotatable bonds is 1. The molecule has 0 aliphatic carbocycles. The molecule has 1 aromatic rings. The van der Waals surface area contributed by atoms with Gasteiger partial charge in [0.2, 0.25) is 5.91 Å². The predicted molar refractivity (Wildman–Crippen MR) is 59.5 cm³/mol. The summed E-state index contributed by atoms with van der Waals surface area (Å²) in [5.41, 5.74) is 0.923. The van der Waals surface area contributed by atoms with Crippen LogP contribution in [0.4, 0.5) is 5.69 Å². The minimum atomic E-state index is -3.85. The van der Waals surface area contributed by atoms with Gasteiger partial charge in [0, 0.05) is 15.2 Å². The molecule has 0 radical (unpaired) electrons. The quantitative estimate of drug-likeness (QED) is 0.806. The van der Waals surface area contributed by atoms with Gasteiger partial charge in [-0.2, -0.15) is 0 Å². The second-order valence-electron chi connectivity index (χ2n) is 3.10. The van der Waals surface area contributed by atoms with Crippen molar-refractivity contribution in [3.8, 4) is 0 Å². The Morgan fingerprint density at radius 2 is 2.07 bits per heavy atom. The van der Waals surface area contributed by atoms with Crippen LogP contribution in [0.2, 0.25) is 0 Å². The summed E-state index contributed by atoms with van der Waals surface area (Å²) in [7, 11) is 1.42. The van der Waals surface area contributed by atoms with E-state index >= 15 is 0 Å². The van der Waals surface area contributed by atoms with Gasteiger partial charge in [0.1, 0.15) is 4.90 Å². The van der Waals surface area contributed by atoms with Crippen LogP contribution in [0.25, 0.3) is 0 Å². The molecule has 1 aliphatic rings. The van der Waals surface area contributed by atoms with Crippen LogP contribution in [0, 0.1) is 0 Å². The third-order valence-corrected chi connectivity index (χ3v) is 3.83. The maximum absolute atomic E-state index is 11.2. The summed E-state index contributed by atoms with van der Waals surface area (Å²) < 4.78 is 23.1. The summed E-state index contributed by atoms with van der Waals surface area (Å²) in [6.07, 6.45) is 0.175. The zero-order valence-corrected chi connectivity index (χ0v) is 10.4. The van der Waals surface area contributed by atoms with E-state index in [9.17, 15) is 13.2 Å². The van der Waals surface area contributed by atoms with Gasteiger partial charge in [0.25, 0.3) is 9.05 Å². The van der Waals surface area contributed by atoms with Crippen LogP contribution in [0.3, 0.4) is 0 Å². The topological polar surface area (TPSA) is 63.2 Å². The number of carbonyl (C=O) groups is 1. The SMILES string of the molecule is O=C1Cc2cc(Br)cc(S(=O)(=O)Cl)c2N1. The molecule has 80 valence electrons. The van der Waals surface area contributed by atoms with Crippen LogP contribution < -0.4 is 5.32 Å². The second-order valence-corrected chi connectivity index (χ2v) is 6.55. The summed E-state index contributed by atoms with van der Waals surface area (Å²) in [6, 6.07) is 3.06. The molecule has 4 nitrogen and oxygen atoms in total. The molecule has 0 aromatic heterocycles. The maximum Gasteiger partial charge on any atom is 0.263 e. The second kappa shape index (κ2) is 3.47. The first-order valence-electron chi connectivity index (χ1n) is 3.95. The van der Waals surface area contributed by atoms with Crippen LogP contribution in [-0.4, -0.2) is 14.3 Å². The average Bonchev–Trinajstić information content (AvgIpc) is 2.41. The van der Waals surface area contributed by atoms with Gasteiger partial charge < -0.3 is 5.32 Å². The number of fused-ring (bicyclic) bond motifs is 1. The van der Waals surface area contributed by atoms with Crippen LogP contribution in [-0.2, 0) is 20.3 Å². The van der Waals surface area contributed by atoms with Crippen LogP contribution in [0.5, 0.6) is 0 Å². The molecular weight excluding hydrogens is 306 g/mol. The maximum atomic E-state index is 11.2. The zero-order chi connectivity index (χ0) is 11.2. The molecule has 7 heteroatoms. The number of halogens is 2. The van der Waals surface area contributed by atoms with E-state index in [2.05, 4.69) is 21.2 Å². The highest BCUT2D eigenvalue weighted by molar-refractivity contribution is 9.10. The van der Waals surface area contributed by atoms with Crippen molar-refractivity contribution >= 4 is 47.3 Å². The fourth-order valence-corrected chi connectivity index (χ4v) is 3.18. The number of carbonyl (C=O) groups excluding carboxylic acids is 1. The van der Waals surface area contributed by atoms with Crippen molar-refractivity contribution < 1.29 is 13.2 Å². The summed E-state index contributed by atoms with van der Waals surface area (Å²) in [4.78, 5) is 11.1. The number of nitrogens with one attached hydrogen (secondary N) is 1. The van der Waals surface area contributed by atoms with Gasteiger partial charge in [-0.3, -0.25) is 4.79 Å². The zero-order valence-electron chi connectivity index (χ0n) is 7.25. The van der Waals surface area contributed by atoms with Gasteiger partial charge in [-0.05, 0) is 17.7 Å². The Morgan fingerprint density at radius 1 is 1.40 bits per heavy atom. The molecule has 0 unspecified atom stereocenters. The third kappa shape index (κ3) is 2.02. The summed E-state index contributed by atoms with van der Waals surface area (Å²) in [5.74, 6) is -0.232. The molecule has 0 saturated heterocycles. The molecule has 0 spiro atoms. The minimum absolute atomic E-state index is 0.0700. The molecule has 0 fully saturated rings. The number of hydrogen-bond donors (Lipinski definition) is 1. The van der Waals surface area contributed by atoms with Gasteiger partial charge in [-0.1, -0.05) is 15.9 Å². The Morgan fingerprint density at radius 3 is 2.67 bits per heavy atom. The molecule has 0 bridgehead atoms. The van der Waals surface area contributed by atoms with Crippen LogP contribution >= 0.6 is 26.6 Å². The van der Waals surface area contributed by atoms with Crippen molar-refractivity contribution in [2.24, 2.45) is 0 Å². The lowest BCUT2D eigenvalue weighted by Gasteiger charge is -2.05. The molecule has 2 rings (SSSR count). The fraction of sp³-hybridized carbons (Fsp3) is 0.125. The molecule has 15 heavy (non-hydrogen) atoms. The van der Waals surface area contributed by atoms with Gasteiger partial charge in [-0.15, -0.1) is 0 Å². The highest BCUT2D eigenvalue weighted by Gasteiger charge is 2.26. The van der Waals surface area contributed by atoms with E-state index in [4.69, 9.17) is 10.7 Å². The van der Waals surface area contributed by atoms with E-state index < -0.39 is 9.05 Å². The van der Waals surface area contributed by atoms with Crippen molar-refractivity contribution in [2.75, 3.05) is 5.32 Å². The average molecular weight is 311 g/mol. The largest absolute Gasteiger partial charge is 0.324 e. The molecule has 0 atom stereocenters. The highest BCUT2D eigenvalue weighted by atomic mass is 79.9. The molecule has 1 N–H and O–H groups in total. The van der Waals surface area contributed by atoms with Crippen LogP contribution in [0.1, 0.15) is 5.56 Å². The fourth-order valence-electron chi connectivity index (χ4n) is 1.47. The Kier molecular flexibility index (Phi) is 2.52. The summed E-state index contributed by atoms with van der Waals surface area (Å²) in [5, 5.41) is 2.48. The van der Waals surface area contributed by atoms with Crippen molar-refractivity contribution in [3.63, 3.8) is 0 Å². The summed E-state index contributed by atoms with van der Waals surface area (Å²) >= 11 is 3.17. The van der Waals surface area contributed by atoms with Crippen molar-refractivity contribution in [1.29, 1.82) is 0 Å². The van der Waals surface area contributed by atoms with Gasteiger partial charge in [0.15, 0.2) is 0 Å². The Hall–Kier alpha value is -0.590. The molecule has 0 saturated carbocycles. The van der Waals surface area contributed by atoms with Gasteiger partial charge in [-0.25, -0.2) is 8.42 Å². The summed E-state index contributed by atoms with van der Waals surface area (Å²) in [6.45, 7) is 0. The predicted octanol–water partition coefficient (Wildman–Crippen LogP) is 1.87. The monoisotopic (exact) mass is 309 g/mol. The number of hydrogen-bond acceptors (Lipinski definition) is 3. The van der Waals surface area contributed by atoms with Crippen molar-refractivity contribution in [2.45, 2.75) is 11.3 Å². The van der Waals surface area contributed by atoms with Crippen LogP contribution in [0.15, 0.2) is 21.5 Å². The van der Waals surface area contributed by atoms with Crippen molar-refractivity contribution in [3.05, 3.63) is 22.2 Å². The lowest BCUT2D eigenvalue weighted by atomic mass is 10.2. The Bertz CT molecular complexity index is 555. The molecule has 1 heterocycles. The standard InChI is InChI=1S/C8H5BrClNO3S/c9-5-1-4-2-7(12)11-8(4)6(3-5)15(10,13)14/h1,3H,2H2,(H,11,12). The number of benzene rings is 1. The highest BCUT2D eigenvalue weighted by Crippen LogP contribution is 2.35. The number of anilines is 1. The smallest absolute Gasteiger partial charge is 0.263 e. The third-order valence-electron chi connectivity index (χ3n) is 2.03. The first-order chi connectivity index (χ1) is 6.88. The lowest BCUT2D eigenvalue weighted by molar-refractivity contribution is -0.115. The van der Waals surface area contributed by atoms with E-state index in [0.29, 0.717) is 15.7 Å². The lowest BCUT2D eigenvalue weighted by Crippen LogP contribution is -2.05.